The topological polar surface area (TPSA) is 58.2 Å². The van der Waals surface area contributed by atoms with Gasteiger partial charge in [-0.3, -0.25) is 4.79 Å². The molecule has 1 fully saturated rings. The Morgan fingerprint density at radius 3 is 2.75 bits per heavy atom. The van der Waals surface area contributed by atoms with E-state index in [0.717, 1.165) is 42.0 Å². The Kier molecular flexibility index (Phi) is 3.69. The Morgan fingerprint density at radius 1 is 1.21 bits per heavy atom. The van der Waals surface area contributed by atoms with Crippen molar-refractivity contribution in [3.63, 3.8) is 0 Å². The van der Waals surface area contributed by atoms with Crippen LogP contribution in [0.5, 0.6) is 5.75 Å². The number of nitrogens with one attached hydrogen (secondary N) is 1. The third-order valence-corrected chi connectivity index (χ3v) is 4.57. The number of nitrogens with zero attached hydrogens (tertiary/aromatic N) is 2. The van der Waals surface area contributed by atoms with E-state index in [9.17, 15) is 4.79 Å². The number of methoxy groups -OCH3 is 1. The van der Waals surface area contributed by atoms with Crippen molar-refractivity contribution >= 4 is 16.9 Å². The molecule has 5 nitrogen and oxygen atoms in total. The highest BCUT2D eigenvalue weighted by atomic mass is 16.5. The quantitative estimate of drug-likeness (QED) is 0.802. The average molecular weight is 321 g/mol. The molecule has 2 heterocycles. The van der Waals surface area contributed by atoms with Crippen molar-refractivity contribution in [2.24, 2.45) is 0 Å². The van der Waals surface area contributed by atoms with Crippen molar-refractivity contribution in [3.05, 3.63) is 59.9 Å². The molecule has 1 saturated heterocycles. The first-order valence-electron chi connectivity index (χ1n) is 8.16. The van der Waals surface area contributed by atoms with Gasteiger partial charge in [-0.05, 0) is 49.2 Å². The van der Waals surface area contributed by atoms with Crippen LogP contribution in [0, 0.1) is 0 Å². The van der Waals surface area contributed by atoms with Gasteiger partial charge in [0.05, 0.1) is 24.2 Å². The summed E-state index contributed by atoms with van der Waals surface area (Å²) in [5.74, 6) is 1.66. The van der Waals surface area contributed by atoms with Gasteiger partial charge in [0.1, 0.15) is 11.6 Å². The highest BCUT2D eigenvalue weighted by Gasteiger charge is 2.32. The molecule has 3 aromatic rings. The summed E-state index contributed by atoms with van der Waals surface area (Å²) in [6, 6.07) is 15.2. The van der Waals surface area contributed by atoms with Crippen LogP contribution < -0.4 is 4.74 Å². The predicted octanol–water partition coefficient (Wildman–Crippen LogP) is 3.55. The molecule has 1 N–H and O–H groups in total. The second-order valence-corrected chi connectivity index (χ2v) is 6.02. The van der Waals surface area contributed by atoms with Gasteiger partial charge in [0.25, 0.3) is 5.91 Å². The van der Waals surface area contributed by atoms with Crippen LogP contribution in [-0.2, 0) is 0 Å². The molecule has 1 unspecified atom stereocenters. The first-order chi connectivity index (χ1) is 11.8. The first kappa shape index (κ1) is 14.8. The van der Waals surface area contributed by atoms with E-state index in [0.29, 0.717) is 5.56 Å². The Morgan fingerprint density at radius 2 is 2.00 bits per heavy atom. The number of likely N-dealkylation sites (tertiary alicyclic amines) is 1. The van der Waals surface area contributed by atoms with E-state index >= 15 is 0 Å². The van der Waals surface area contributed by atoms with Crippen LogP contribution in [0.15, 0.2) is 48.5 Å². The number of benzene rings is 2. The largest absolute Gasteiger partial charge is 0.497 e. The molecule has 1 atom stereocenters. The molecule has 1 aliphatic heterocycles. The number of hydrogen-bond acceptors (Lipinski definition) is 3. The smallest absolute Gasteiger partial charge is 0.254 e. The summed E-state index contributed by atoms with van der Waals surface area (Å²) in [6.07, 6.45) is 1.92. The Balaban J connectivity index is 1.62. The minimum Gasteiger partial charge on any atom is -0.497 e. The SMILES string of the molecule is COc1ccc(C(=O)N2CCCC2c2nc3ccccc3[nH]2)cc1. The van der Waals surface area contributed by atoms with Crippen LogP contribution in [0.25, 0.3) is 11.0 Å². The molecule has 1 aliphatic rings. The highest BCUT2D eigenvalue weighted by molar-refractivity contribution is 5.94. The molecule has 0 saturated carbocycles. The second kappa shape index (κ2) is 6.00. The summed E-state index contributed by atoms with van der Waals surface area (Å²) in [4.78, 5) is 22.9. The number of aromatic amines is 1. The lowest BCUT2D eigenvalue weighted by Crippen LogP contribution is -2.31. The molecule has 0 aliphatic carbocycles. The molecule has 122 valence electrons. The summed E-state index contributed by atoms with van der Waals surface area (Å²) in [7, 11) is 1.62. The molecular weight excluding hydrogens is 302 g/mol. The highest BCUT2D eigenvalue weighted by Crippen LogP contribution is 2.32. The zero-order chi connectivity index (χ0) is 16.5. The van der Waals surface area contributed by atoms with Gasteiger partial charge in [0, 0.05) is 12.1 Å². The van der Waals surface area contributed by atoms with Crippen molar-refractivity contribution < 1.29 is 9.53 Å². The summed E-state index contributed by atoms with van der Waals surface area (Å²) in [6.45, 7) is 0.757. The van der Waals surface area contributed by atoms with E-state index in [1.165, 1.54) is 0 Å². The lowest BCUT2D eigenvalue weighted by atomic mass is 10.1. The van der Waals surface area contributed by atoms with Crippen molar-refractivity contribution in [1.29, 1.82) is 0 Å². The predicted molar refractivity (Wildman–Crippen MR) is 92.1 cm³/mol. The maximum Gasteiger partial charge on any atom is 0.254 e. The second-order valence-electron chi connectivity index (χ2n) is 6.02. The molecule has 0 bridgehead atoms. The van der Waals surface area contributed by atoms with Crippen LogP contribution >= 0.6 is 0 Å². The first-order valence-corrected chi connectivity index (χ1v) is 8.16. The third kappa shape index (κ3) is 2.52. The Bertz CT molecular complexity index is 837. The normalized spacial score (nSPS) is 17.4. The fraction of sp³-hybridized carbons (Fsp3) is 0.263. The fourth-order valence-electron chi connectivity index (χ4n) is 3.32. The number of hydrogen-bond donors (Lipinski definition) is 1. The number of H-pyrrole nitrogens is 1. The zero-order valence-electron chi connectivity index (χ0n) is 13.5. The van der Waals surface area contributed by atoms with Crippen LogP contribution in [0.4, 0.5) is 0 Å². The number of aromatic nitrogens is 2. The molecule has 5 heteroatoms. The zero-order valence-corrected chi connectivity index (χ0v) is 13.5. The molecule has 0 spiro atoms. The summed E-state index contributed by atoms with van der Waals surface area (Å²) < 4.78 is 5.16. The number of ether oxygens (including phenoxy) is 1. The van der Waals surface area contributed by atoms with Gasteiger partial charge >= 0.3 is 0 Å². The number of para-hydroxylation sites is 2. The van der Waals surface area contributed by atoms with Gasteiger partial charge < -0.3 is 14.6 Å². The minimum atomic E-state index is 0.00648. The molecule has 1 amide bonds. The maximum atomic E-state index is 12.9. The van der Waals surface area contributed by atoms with Gasteiger partial charge in [-0.15, -0.1) is 0 Å². The average Bonchev–Trinajstić information content (AvgIpc) is 3.27. The Labute approximate surface area is 140 Å². The molecule has 0 radical (unpaired) electrons. The summed E-state index contributed by atoms with van der Waals surface area (Å²) >= 11 is 0. The fourth-order valence-corrected chi connectivity index (χ4v) is 3.32. The molecule has 1 aromatic heterocycles. The number of carbonyl (C=O) groups is 1. The molecule has 24 heavy (non-hydrogen) atoms. The van der Waals surface area contributed by atoms with Crippen molar-refractivity contribution in [2.75, 3.05) is 13.7 Å². The van der Waals surface area contributed by atoms with E-state index < -0.39 is 0 Å². The summed E-state index contributed by atoms with van der Waals surface area (Å²) in [5.41, 5.74) is 2.63. The molecule has 4 rings (SSSR count). The van der Waals surface area contributed by atoms with Crippen LogP contribution in [0.3, 0.4) is 0 Å². The van der Waals surface area contributed by atoms with E-state index in [1.54, 1.807) is 7.11 Å². The van der Waals surface area contributed by atoms with Crippen LogP contribution in [0.1, 0.15) is 35.1 Å². The van der Waals surface area contributed by atoms with Crippen molar-refractivity contribution in [2.45, 2.75) is 18.9 Å². The number of rotatable bonds is 3. The van der Waals surface area contributed by atoms with Gasteiger partial charge in [-0.1, -0.05) is 12.1 Å². The van der Waals surface area contributed by atoms with Gasteiger partial charge in [-0.2, -0.15) is 0 Å². The van der Waals surface area contributed by atoms with E-state index in [4.69, 9.17) is 4.74 Å². The lowest BCUT2D eigenvalue weighted by molar-refractivity contribution is 0.0730. The van der Waals surface area contributed by atoms with E-state index in [-0.39, 0.29) is 11.9 Å². The number of fused-ring (bicyclic) bond motifs is 1. The van der Waals surface area contributed by atoms with Crippen molar-refractivity contribution in [1.82, 2.24) is 14.9 Å². The minimum absolute atomic E-state index is 0.00648. The van der Waals surface area contributed by atoms with Gasteiger partial charge in [0.15, 0.2) is 0 Å². The van der Waals surface area contributed by atoms with Gasteiger partial charge in [-0.25, -0.2) is 4.98 Å². The van der Waals surface area contributed by atoms with Gasteiger partial charge in [0.2, 0.25) is 0 Å². The van der Waals surface area contributed by atoms with E-state index in [1.807, 2.05) is 53.4 Å². The maximum absolute atomic E-state index is 12.9. The monoisotopic (exact) mass is 321 g/mol. The molecule has 2 aromatic carbocycles. The van der Waals surface area contributed by atoms with Crippen LogP contribution in [-0.4, -0.2) is 34.4 Å². The number of carbonyl (C=O) groups excluding carboxylic acids is 1. The molecular formula is C19H19N3O2. The standard InChI is InChI=1S/C19H19N3O2/c1-24-14-10-8-13(9-11-14)19(23)22-12-4-7-17(22)18-20-15-5-2-3-6-16(15)21-18/h2-3,5-6,8-11,17H,4,7,12H2,1H3,(H,20,21). The number of amides is 1. The van der Waals surface area contributed by atoms with E-state index in [2.05, 4.69) is 9.97 Å². The third-order valence-electron chi connectivity index (χ3n) is 4.57. The summed E-state index contributed by atoms with van der Waals surface area (Å²) in [5, 5.41) is 0. The van der Waals surface area contributed by atoms with Crippen molar-refractivity contribution in [3.8, 4) is 5.75 Å². The number of imidazole rings is 1. The Hall–Kier alpha value is -2.82. The van der Waals surface area contributed by atoms with Crippen LogP contribution in [0.2, 0.25) is 0 Å². The lowest BCUT2D eigenvalue weighted by Gasteiger charge is -2.23.